The van der Waals surface area contributed by atoms with E-state index in [1.54, 1.807) is 26.8 Å². The number of carbonyl (C=O) groups excluding carboxylic acids is 3. The number of fused-ring (bicyclic) bond motifs is 4. The lowest BCUT2D eigenvalue weighted by atomic mass is 9.49. The van der Waals surface area contributed by atoms with Gasteiger partial charge in [-0.3, -0.25) is 9.59 Å². The molecule has 6 aliphatic rings. The summed E-state index contributed by atoms with van der Waals surface area (Å²) < 4.78 is 19.2. The number of rotatable bonds is 5. The highest BCUT2D eigenvalue weighted by Gasteiger charge is 2.63. The third-order valence-corrected chi connectivity index (χ3v) is 14.9. The maximum atomic E-state index is 14.9. The Morgan fingerprint density at radius 2 is 1.73 bits per heavy atom. The number of ether oxygens (including phenoxy) is 3. The Morgan fingerprint density at radius 3 is 2.42 bits per heavy atom. The number of aromatic hydroxyl groups is 1. The van der Waals surface area contributed by atoms with E-state index in [2.05, 4.69) is 5.32 Å². The Hall–Kier alpha value is -3.78. The van der Waals surface area contributed by atoms with Crippen molar-refractivity contribution in [2.75, 3.05) is 0 Å². The summed E-state index contributed by atoms with van der Waals surface area (Å²) in [6.07, 6.45) is 7.61. The number of phenolic OH excluding ortho intramolecular Hbond substituents is 1. The van der Waals surface area contributed by atoms with Crippen LogP contribution in [0.5, 0.6) is 5.75 Å². The van der Waals surface area contributed by atoms with Crippen LogP contribution in [0.2, 0.25) is 5.02 Å². The number of ketones is 1. The average Bonchev–Trinajstić information content (AvgIpc) is 3.42. The van der Waals surface area contributed by atoms with Crippen molar-refractivity contribution in [3.05, 3.63) is 86.7 Å². The van der Waals surface area contributed by atoms with E-state index in [1.807, 2.05) is 71.1 Å². The summed E-state index contributed by atoms with van der Waals surface area (Å²) in [4.78, 5) is 42.5. The number of hydrogen-bond acceptors (Lipinski definition) is 11. The van der Waals surface area contributed by atoms with Crippen molar-refractivity contribution in [1.29, 1.82) is 0 Å². The Kier molecular flexibility index (Phi) is 12.2. The SMILES string of the molecule is CCC1=C[C@@H]2[C@@H](O)[C@@H](O)C[C@H](C)[C@H]2[C@]2(C)/C(O)=C3/C(=O)O[C@@]4(C[C@H](C)C=C[C@H]4/C=C(\C)[C@H](O[C@H]4C[C@H](O)[C@H](NC(=O)c5c(C)c(Cl)cc(C)c5O)[C@@H](C)O4)C/C=C\C12)C3=O. The molecule has 6 N–H and O–H groups in total. The highest BCUT2D eigenvalue weighted by molar-refractivity contribution is 6.32. The molecule has 1 saturated carbocycles. The first-order valence-corrected chi connectivity index (χ1v) is 21.7. The largest absolute Gasteiger partial charge is 0.511 e. The lowest BCUT2D eigenvalue weighted by molar-refractivity contribution is -0.231. The summed E-state index contributed by atoms with van der Waals surface area (Å²) in [5.41, 5.74) is -0.736. The number of nitrogens with one attached hydrogen (secondary N) is 1. The van der Waals surface area contributed by atoms with E-state index >= 15 is 0 Å². The number of amides is 1. The molecule has 1 aromatic rings. The van der Waals surface area contributed by atoms with Crippen molar-refractivity contribution in [2.45, 2.75) is 136 Å². The highest BCUT2D eigenvalue weighted by Crippen LogP contribution is 2.60. The van der Waals surface area contributed by atoms with Gasteiger partial charge in [0.1, 0.15) is 17.1 Å². The predicted molar refractivity (Wildman–Crippen MR) is 224 cm³/mol. The van der Waals surface area contributed by atoms with Gasteiger partial charge in [0.15, 0.2) is 11.9 Å². The molecule has 2 saturated heterocycles. The van der Waals surface area contributed by atoms with E-state index in [0.717, 1.165) is 11.1 Å². The summed E-state index contributed by atoms with van der Waals surface area (Å²) in [6.45, 7) is 14.6. The van der Waals surface area contributed by atoms with Crippen LogP contribution >= 0.6 is 11.6 Å². The smallest absolute Gasteiger partial charge is 0.346 e. The third kappa shape index (κ3) is 7.28. The minimum absolute atomic E-state index is 0.00288. The highest BCUT2D eigenvalue weighted by atomic mass is 35.5. The molecule has 1 amide bonds. The van der Waals surface area contributed by atoms with E-state index < -0.39 is 95.2 Å². The topological polar surface area (TPSA) is 192 Å². The summed E-state index contributed by atoms with van der Waals surface area (Å²) in [7, 11) is 0. The minimum atomic E-state index is -1.62. The number of Topliss-reactive ketones (excluding diaryl/α,β-unsaturated/α-hetero) is 1. The molecule has 2 aliphatic heterocycles. The van der Waals surface area contributed by atoms with Crippen LogP contribution in [0.4, 0.5) is 0 Å². The molecule has 1 spiro atoms. The van der Waals surface area contributed by atoms with E-state index in [1.165, 1.54) is 0 Å². The normalized spacial score (nSPS) is 43.1. The molecule has 1 unspecified atom stereocenters. The number of aryl methyl sites for hydroxylation is 1. The number of hydrogen-bond donors (Lipinski definition) is 6. The van der Waals surface area contributed by atoms with Crippen molar-refractivity contribution >= 4 is 29.3 Å². The van der Waals surface area contributed by atoms with Gasteiger partial charge in [-0.1, -0.05) is 81.3 Å². The van der Waals surface area contributed by atoms with Crippen LogP contribution in [0, 0.1) is 54.8 Å². The third-order valence-electron chi connectivity index (χ3n) is 14.5. The lowest BCUT2D eigenvalue weighted by Gasteiger charge is -2.56. The van der Waals surface area contributed by atoms with Gasteiger partial charge in [0, 0.05) is 41.0 Å². The van der Waals surface area contributed by atoms with Crippen molar-refractivity contribution in [3.8, 4) is 5.75 Å². The predicted octanol–water partition coefficient (Wildman–Crippen LogP) is 6.40. The molecule has 4 aliphatic carbocycles. The molecule has 2 bridgehead atoms. The van der Waals surface area contributed by atoms with Gasteiger partial charge < -0.3 is 45.1 Å². The molecule has 60 heavy (non-hydrogen) atoms. The van der Waals surface area contributed by atoms with Crippen LogP contribution in [-0.2, 0) is 23.8 Å². The van der Waals surface area contributed by atoms with Gasteiger partial charge in [-0.25, -0.2) is 4.79 Å². The monoisotopic (exact) mass is 849 g/mol. The van der Waals surface area contributed by atoms with Gasteiger partial charge in [-0.15, -0.1) is 0 Å². The molecule has 0 radical (unpaired) electrons. The minimum Gasteiger partial charge on any atom is -0.511 e. The first-order valence-electron chi connectivity index (χ1n) is 21.3. The number of carbonyl (C=O) groups is 3. The fourth-order valence-electron chi connectivity index (χ4n) is 11.3. The molecule has 3 fully saturated rings. The number of aliphatic hydroxyl groups excluding tert-OH is 4. The number of halogens is 1. The van der Waals surface area contributed by atoms with Crippen LogP contribution in [0.1, 0.15) is 95.1 Å². The first kappa shape index (κ1) is 44.3. The summed E-state index contributed by atoms with van der Waals surface area (Å²) in [5, 5.41) is 60.3. The van der Waals surface area contributed by atoms with Crippen LogP contribution in [0.15, 0.2) is 65.0 Å². The zero-order chi connectivity index (χ0) is 43.7. The molecule has 2 heterocycles. The molecular weight excluding hydrogens is 790 g/mol. The van der Waals surface area contributed by atoms with Crippen molar-refractivity contribution in [3.63, 3.8) is 0 Å². The van der Waals surface area contributed by atoms with Crippen molar-refractivity contribution in [2.24, 2.45) is 40.9 Å². The van der Waals surface area contributed by atoms with Gasteiger partial charge in [0.25, 0.3) is 5.91 Å². The summed E-state index contributed by atoms with van der Waals surface area (Å²) in [6, 6.07) is 0.743. The Balaban J connectivity index is 1.25. The Morgan fingerprint density at radius 1 is 1.02 bits per heavy atom. The maximum absolute atomic E-state index is 14.9. The average molecular weight is 850 g/mol. The van der Waals surface area contributed by atoms with Crippen LogP contribution < -0.4 is 5.32 Å². The number of allylic oxidation sites excluding steroid dienone is 4. The lowest BCUT2D eigenvalue weighted by Crippen LogP contribution is -2.56. The van der Waals surface area contributed by atoms with Crippen LogP contribution in [0.3, 0.4) is 0 Å². The van der Waals surface area contributed by atoms with E-state index in [-0.39, 0.29) is 53.7 Å². The van der Waals surface area contributed by atoms with Gasteiger partial charge in [0.2, 0.25) is 5.78 Å². The van der Waals surface area contributed by atoms with E-state index in [0.29, 0.717) is 29.0 Å². The van der Waals surface area contributed by atoms with Crippen LogP contribution in [-0.4, -0.2) is 91.6 Å². The molecular formula is C47H60ClNO11. The van der Waals surface area contributed by atoms with Gasteiger partial charge in [-0.2, -0.15) is 0 Å². The Labute approximate surface area is 357 Å². The molecule has 13 heteroatoms. The molecule has 7 rings (SSSR count). The molecule has 12 nitrogen and oxygen atoms in total. The van der Waals surface area contributed by atoms with Crippen molar-refractivity contribution < 1.29 is 54.1 Å². The van der Waals surface area contributed by atoms with Crippen molar-refractivity contribution in [1.82, 2.24) is 5.32 Å². The van der Waals surface area contributed by atoms with E-state index in [9.17, 15) is 39.9 Å². The van der Waals surface area contributed by atoms with Crippen LogP contribution in [0.25, 0.3) is 0 Å². The molecule has 1 aromatic carbocycles. The Bertz CT molecular complexity index is 2050. The second-order valence-electron chi connectivity index (χ2n) is 18.4. The number of benzene rings is 1. The number of phenols is 1. The molecule has 15 atom stereocenters. The molecule has 326 valence electrons. The second-order valence-corrected chi connectivity index (χ2v) is 18.9. The van der Waals surface area contributed by atoms with Gasteiger partial charge in [-0.05, 0) is 87.5 Å². The van der Waals surface area contributed by atoms with Gasteiger partial charge in [0.05, 0.1) is 42.1 Å². The number of aliphatic hydroxyl groups is 4. The zero-order valence-corrected chi connectivity index (χ0v) is 36.4. The van der Waals surface area contributed by atoms with E-state index in [4.69, 9.17) is 25.8 Å². The maximum Gasteiger partial charge on any atom is 0.346 e. The summed E-state index contributed by atoms with van der Waals surface area (Å²) in [5.74, 6) is -5.13. The standard InChI is InChI=1S/C47H60ClNO11/c1-9-27-18-29-38(23(4)17-33(51)41(29)53)46(8)30(27)11-10-12-34(22(3)15-28-14-13-21(2)20-47(28)43(55)37(42(46)54)45(57)60-47)59-35-19-32(50)39(26(7)58-35)49-44(56)36-25(6)31(48)16-24(5)40(36)52/h10-11,13-16,18,21,23,26,28-30,32-35,38-39,41,50-54H,9,12,17,19-20H2,1-8H3,(H,49,56)/b11-10-,22-15+,42-37-/t21-,23+,26-,28+,29+,30?,32+,33+,34-,35+,38-,39-,41-,46-,47-/m1/s1. The van der Waals surface area contributed by atoms with Gasteiger partial charge >= 0.3 is 5.97 Å². The quantitative estimate of drug-likeness (QED) is 0.109. The fraction of sp³-hybridized carbons (Fsp3) is 0.596. The molecule has 0 aromatic heterocycles. The second kappa shape index (κ2) is 16.5. The zero-order valence-electron chi connectivity index (χ0n) is 35.6. The number of esters is 1. The fourth-order valence-corrected chi connectivity index (χ4v) is 11.6. The summed E-state index contributed by atoms with van der Waals surface area (Å²) >= 11 is 6.34. The first-order chi connectivity index (χ1) is 28.2.